The fourth-order valence-electron chi connectivity index (χ4n) is 2.89. The van der Waals surface area contributed by atoms with Crippen molar-refractivity contribution >= 4 is 0 Å². The van der Waals surface area contributed by atoms with Gasteiger partial charge in [-0.25, -0.2) is 0 Å². The third kappa shape index (κ3) is 1.95. The first-order chi connectivity index (χ1) is 6.68. The maximum absolute atomic E-state index is 9.80. The van der Waals surface area contributed by atoms with E-state index in [-0.39, 0.29) is 6.10 Å². The fraction of sp³-hybridized carbons (Fsp3) is 1.00. The van der Waals surface area contributed by atoms with E-state index >= 15 is 0 Å². The lowest BCUT2D eigenvalue weighted by atomic mass is 10.0. The average Bonchev–Trinajstić information content (AvgIpc) is 2.71. The third-order valence-corrected chi connectivity index (χ3v) is 3.91. The Labute approximate surface area is 86.3 Å². The van der Waals surface area contributed by atoms with Gasteiger partial charge in [0, 0.05) is 18.6 Å². The topological polar surface area (TPSA) is 49.5 Å². The minimum atomic E-state index is -0.0816. The van der Waals surface area contributed by atoms with Crippen LogP contribution in [0, 0.1) is 5.92 Å². The molecule has 3 heteroatoms. The summed E-state index contributed by atoms with van der Waals surface area (Å²) >= 11 is 0. The fourth-order valence-corrected chi connectivity index (χ4v) is 2.89. The summed E-state index contributed by atoms with van der Waals surface area (Å²) in [4.78, 5) is 2.45. The molecule has 1 aliphatic carbocycles. The number of hydrogen-bond acceptors (Lipinski definition) is 3. The number of hydrogen-bond donors (Lipinski definition) is 2. The molecule has 2 rings (SSSR count). The predicted molar refractivity (Wildman–Crippen MR) is 57.0 cm³/mol. The van der Waals surface area contributed by atoms with Gasteiger partial charge in [-0.3, -0.25) is 4.90 Å². The molecular weight excluding hydrogens is 176 g/mol. The summed E-state index contributed by atoms with van der Waals surface area (Å²) in [5.74, 6) is 0.641. The van der Waals surface area contributed by atoms with Crippen LogP contribution >= 0.6 is 0 Å². The van der Waals surface area contributed by atoms with Gasteiger partial charge in [0.25, 0.3) is 0 Å². The van der Waals surface area contributed by atoms with Crippen molar-refractivity contribution in [3.63, 3.8) is 0 Å². The van der Waals surface area contributed by atoms with E-state index in [2.05, 4.69) is 11.8 Å². The van der Waals surface area contributed by atoms with Crippen molar-refractivity contribution in [2.24, 2.45) is 11.7 Å². The Morgan fingerprint density at radius 1 is 1.36 bits per heavy atom. The molecule has 1 saturated carbocycles. The molecule has 2 fully saturated rings. The Morgan fingerprint density at radius 2 is 2.14 bits per heavy atom. The molecule has 0 spiro atoms. The minimum Gasteiger partial charge on any atom is -0.391 e. The van der Waals surface area contributed by atoms with Gasteiger partial charge in [0.1, 0.15) is 0 Å². The summed E-state index contributed by atoms with van der Waals surface area (Å²) in [5.41, 5.74) is 5.90. The molecule has 2 aliphatic rings. The summed E-state index contributed by atoms with van der Waals surface area (Å²) in [5, 5.41) is 9.80. The number of rotatable bonds is 2. The molecule has 0 amide bonds. The van der Waals surface area contributed by atoms with Crippen LogP contribution in [0.4, 0.5) is 0 Å². The Kier molecular flexibility index (Phi) is 3.10. The second kappa shape index (κ2) is 4.17. The van der Waals surface area contributed by atoms with Crippen LogP contribution in [-0.4, -0.2) is 41.3 Å². The zero-order valence-corrected chi connectivity index (χ0v) is 9.02. The van der Waals surface area contributed by atoms with E-state index in [1.165, 1.54) is 19.3 Å². The highest BCUT2D eigenvalue weighted by atomic mass is 16.3. The van der Waals surface area contributed by atoms with E-state index < -0.39 is 0 Å². The van der Waals surface area contributed by atoms with Crippen LogP contribution in [0.15, 0.2) is 0 Å². The van der Waals surface area contributed by atoms with Gasteiger partial charge >= 0.3 is 0 Å². The molecular formula is C11H22N2O. The molecule has 0 aromatic carbocycles. The molecule has 4 atom stereocenters. The van der Waals surface area contributed by atoms with Gasteiger partial charge in [-0.05, 0) is 45.1 Å². The normalized spacial score (nSPS) is 41.8. The molecule has 0 radical (unpaired) electrons. The van der Waals surface area contributed by atoms with Crippen LogP contribution < -0.4 is 5.73 Å². The third-order valence-electron chi connectivity index (χ3n) is 3.91. The van der Waals surface area contributed by atoms with E-state index in [1.807, 2.05) is 0 Å². The van der Waals surface area contributed by atoms with Crippen molar-refractivity contribution in [3.8, 4) is 0 Å². The van der Waals surface area contributed by atoms with Crippen molar-refractivity contribution in [2.75, 3.05) is 13.1 Å². The van der Waals surface area contributed by atoms with Crippen LogP contribution in [0.25, 0.3) is 0 Å². The number of likely N-dealkylation sites (tertiary alicyclic amines) is 1. The summed E-state index contributed by atoms with van der Waals surface area (Å²) in [6, 6.07) is 0.734. The Morgan fingerprint density at radius 3 is 2.64 bits per heavy atom. The molecule has 1 saturated heterocycles. The van der Waals surface area contributed by atoms with Crippen molar-refractivity contribution in [3.05, 3.63) is 0 Å². The smallest absolute Gasteiger partial charge is 0.0695 e. The SMILES string of the molecule is CC(N)C1CCN(C2CCCC2O)C1. The highest BCUT2D eigenvalue weighted by Gasteiger charge is 2.35. The van der Waals surface area contributed by atoms with Crippen molar-refractivity contribution < 1.29 is 5.11 Å². The molecule has 1 aliphatic heterocycles. The van der Waals surface area contributed by atoms with E-state index in [0.29, 0.717) is 18.0 Å². The quantitative estimate of drug-likeness (QED) is 0.682. The molecule has 0 aromatic heterocycles. The molecule has 0 bridgehead atoms. The standard InChI is InChI=1S/C11H22N2O/c1-8(12)9-5-6-13(7-9)10-3-2-4-11(10)14/h8-11,14H,2-7,12H2,1H3. The number of nitrogens with zero attached hydrogens (tertiary/aromatic N) is 1. The number of aliphatic hydroxyl groups excluding tert-OH is 1. The Balaban J connectivity index is 1.88. The maximum Gasteiger partial charge on any atom is 0.0695 e. The van der Waals surface area contributed by atoms with Gasteiger partial charge in [-0.2, -0.15) is 0 Å². The zero-order chi connectivity index (χ0) is 10.1. The van der Waals surface area contributed by atoms with Crippen molar-refractivity contribution in [1.82, 2.24) is 4.90 Å². The zero-order valence-electron chi connectivity index (χ0n) is 9.02. The molecule has 3 nitrogen and oxygen atoms in total. The first-order valence-corrected chi connectivity index (χ1v) is 5.86. The maximum atomic E-state index is 9.80. The summed E-state index contributed by atoms with van der Waals surface area (Å²) in [7, 11) is 0. The van der Waals surface area contributed by atoms with Crippen molar-refractivity contribution in [1.29, 1.82) is 0 Å². The van der Waals surface area contributed by atoms with Crippen molar-refractivity contribution in [2.45, 2.75) is 50.8 Å². The first kappa shape index (κ1) is 10.4. The van der Waals surface area contributed by atoms with E-state index in [0.717, 1.165) is 19.5 Å². The predicted octanol–water partition coefficient (Wildman–Crippen LogP) is 0.569. The largest absolute Gasteiger partial charge is 0.391 e. The highest BCUT2D eigenvalue weighted by molar-refractivity contribution is 4.91. The molecule has 1 heterocycles. The lowest BCUT2D eigenvalue weighted by Crippen LogP contribution is -2.40. The monoisotopic (exact) mass is 198 g/mol. The highest BCUT2D eigenvalue weighted by Crippen LogP contribution is 2.29. The van der Waals surface area contributed by atoms with Crippen LogP contribution in [0.2, 0.25) is 0 Å². The molecule has 82 valence electrons. The molecule has 14 heavy (non-hydrogen) atoms. The Bertz CT molecular complexity index is 196. The van der Waals surface area contributed by atoms with Gasteiger partial charge in [-0.1, -0.05) is 0 Å². The van der Waals surface area contributed by atoms with Crippen LogP contribution in [0.1, 0.15) is 32.6 Å². The number of aliphatic hydroxyl groups is 1. The lowest BCUT2D eigenvalue weighted by Gasteiger charge is -2.27. The first-order valence-electron chi connectivity index (χ1n) is 5.86. The van der Waals surface area contributed by atoms with E-state index in [1.54, 1.807) is 0 Å². The second-order valence-electron chi connectivity index (χ2n) is 4.97. The molecule has 3 N–H and O–H groups in total. The van der Waals surface area contributed by atoms with Gasteiger partial charge in [0.05, 0.1) is 6.10 Å². The van der Waals surface area contributed by atoms with Gasteiger partial charge in [0.2, 0.25) is 0 Å². The van der Waals surface area contributed by atoms with Crippen LogP contribution in [-0.2, 0) is 0 Å². The van der Waals surface area contributed by atoms with Gasteiger partial charge in [0.15, 0.2) is 0 Å². The van der Waals surface area contributed by atoms with E-state index in [9.17, 15) is 5.11 Å². The van der Waals surface area contributed by atoms with Gasteiger partial charge in [-0.15, -0.1) is 0 Å². The average molecular weight is 198 g/mol. The number of nitrogens with two attached hydrogens (primary N) is 1. The molecule has 0 aromatic rings. The summed E-state index contributed by atoms with van der Waals surface area (Å²) in [6.07, 6.45) is 4.48. The van der Waals surface area contributed by atoms with Gasteiger partial charge < -0.3 is 10.8 Å². The summed E-state index contributed by atoms with van der Waals surface area (Å²) < 4.78 is 0. The summed E-state index contributed by atoms with van der Waals surface area (Å²) in [6.45, 7) is 4.33. The molecule has 4 unspecified atom stereocenters. The lowest BCUT2D eigenvalue weighted by molar-refractivity contribution is 0.0825. The van der Waals surface area contributed by atoms with Crippen LogP contribution in [0.5, 0.6) is 0 Å². The van der Waals surface area contributed by atoms with Crippen LogP contribution in [0.3, 0.4) is 0 Å². The van der Waals surface area contributed by atoms with E-state index in [4.69, 9.17) is 5.73 Å². The minimum absolute atomic E-state index is 0.0816. The second-order valence-corrected chi connectivity index (χ2v) is 4.97. The Hall–Kier alpha value is -0.120.